The highest BCUT2D eigenvalue weighted by Crippen LogP contribution is 2.31. The summed E-state index contributed by atoms with van der Waals surface area (Å²) >= 11 is 6.59. The smallest absolute Gasteiger partial charge is 0.293 e. The van der Waals surface area contributed by atoms with Crippen molar-refractivity contribution < 1.29 is 14.5 Å². The van der Waals surface area contributed by atoms with Gasteiger partial charge in [-0.3, -0.25) is 20.2 Å². The number of ether oxygens (including phenoxy) is 1. The molecule has 1 aromatic heterocycles. The van der Waals surface area contributed by atoms with Crippen LogP contribution in [0.4, 0.5) is 16.5 Å². The first-order chi connectivity index (χ1) is 16.4. The van der Waals surface area contributed by atoms with Crippen molar-refractivity contribution in [3.05, 3.63) is 63.5 Å². The molecule has 2 N–H and O–H groups in total. The molecule has 3 aromatic rings. The second kappa shape index (κ2) is 10.6. The Morgan fingerprint density at radius 1 is 1.18 bits per heavy atom. The molecule has 0 spiro atoms. The van der Waals surface area contributed by atoms with Crippen molar-refractivity contribution in [3.8, 4) is 17.0 Å². The number of hydrogen-bond acceptors (Lipinski definition) is 8. The highest BCUT2D eigenvalue weighted by molar-refractivity contribution is 7.80. The molecule has 11 heteroatoms. The molecule has 1 aliphatic rings. The largest absolute Gasteiger partial charge is 0.497 e. The minimum Gasteiger partial charge on any atom is -0.497 e. The van der Waals surface area contributed by atoms with Crippen molar-refractivity contribution in [2.45, 2.75) is 19.3 Å². The molecular formula is C23H23N5O4S2. The molecule has 1 fully saturated rings. The van der Waals surface area contributed by atoms with E-state index in [0.717, 1.165) is 49.4 Å². The molecule has 0 radical (unpaired) electrons. The molecule has 2 aromatic carbocycles. The lowest BCUT2D eigenvalue weighted by atomic mass is 10.1. The standard InChI is InChI=1S/C23H23N5O4S2/c1-32-17-8-5-15(6-9-17)18-14-34-23(24-18)26-22(33)25-21(29)16-7-10-19(20(13-16)28(30)31)27-11-3-2-4-12-27/h5-10,13-14H,2-4,11-12H2,1H3,(H2,24,25,26,29,33). The van der Waals surface area contributed by atoms with Gasteiger partial charge in [-0.15, -0.1) is 11.3 Å². The zero-order valence-electron chi connectivity index (χ0n) is 18.4. The molecule has 0 unspecified atom stereocenters. The summed E-state index contributed by atoms with van der Waals surface area (Å²) in [5.74, 6) is 0.225. The number of nitrogens with one attached hydrogen (secondary N) is 2. The SMILES string of the molecule is COc1ccc(-c2csc(NC(=S)NC(=O)c3ccc(N4CCCCC4)c([N+](=O)[O-])c3)n2)cc1. The first kappa shape index (κ1) is 23.6. The fourth-order valence-corrected chi connectivity index (χ4v) is 4.72. The highest BCUT2D eigenvalue weighted by atomic mass is 32.1. The summed E-state index contributed by atoms with van der Waals surface area (Å²) in [6, 6.07) is 12.0. The van der Waals surface area contributed by atoms with E-state index in [9.17, 15) is 14.9 Å². The van der Waals surface area contributed by atoms with Crippen molar-refractivity contribution in [2.24, 2.45) is 0 Å². The Bertz CT molecular complexity index is 1210. The molecule has 2 heterocycles. The molecule has 34 heavy (non-hydrogen) atoms. The number of hydrogen-bond donors (Lipinski definition) is 2. The van der Waals surface area contributed by atoms with E-state index in [0.29, 0.717) is 10.8 Å². The molecule has 4 rings (SSSR count). The maximum atomic E-state index is 12.7. The van der Waals surface area contributed by atoms with E-state index < -0.39 is 10.8 Å². The third kappa shape index (κ3) is 5.49. The van der Waals surface area contributed by atoms with Crippen molar-refractivity contribution in [1.29, 1.82) is 0 Å². The molecule has 0 bridgehead atoms. The molecule has 0 aliphatic carbocycles. The van der Waals surface area contributed by atoms with Gasteiger partial charge in [-0.25, -0.2) is 4.98 Å². The Labute approximate surface area is 205 Å². The number of rotatable bonds is 6. The molecule has 9 nitrogen and oxygen atoms in total. The zero-order chi connectivity index (χ0) is 24.1. The van der Waals surface area contributed by atoms with Gasteiger partial charge in [0.15, 0.2) is 10.2 Å². The van der Waals surface area contributed by atoms with Gasteiger partial charge in [0.25, 0.3) is 11.6 Å². The summed E-state index contributed by atoms with van der Waals surface area (Å²) in [7, 11) is 1.61. The second-order valence-corrected chi connectivity index (χ2v) is 8.95. The third-order valence-electron chi connectivity index (χ3n) is 5.47. The number of nitrogens with zero attached hydrogens (tertiary/aromatic N) is 3. The maximum absolute atomic E-state index is 12.7. The van der Waals surface area contributed by atoms with Crippen molar-refractivity contribution >= 4 is 51.1 Å². The number of carbonyl (C=O) groups is 1. The number of carbonyl (C=O) groups excluding carboxylic acids is 1. The number of anilines is 2. The van der Waals surface area contributed by atoms with E-state index in [1.165, 1.54) is 17.4 Å². The number of nitro groups is 1. The van der Waals surface area contributed by atoms with Crippen molar-refractivity contribution in [1.82, 2.24) is 10.3 Å². The van der Waals surface area contributed by atoms with Crippen LogP contribution in [0.3, 0.4) is 0 Å². The minimum absolute atomic E-state index is 0.0587. The van der Waals surface area contributed by atoms with E-state index in [1.807, 2.05) is 34.5 Å². The fourth-order valence-electron chi connectivity index (χ4n) is 3.74. The quantitative estimate of drug-likeness (QED) is 0.283. The van der Waals surface area contributed by atoms with Crippen LogP contribution in [0.25, 0.3) is 11.3 Å². The van der Waals surface area contributed by atoms with Crippen molar-refractivity contribution in [3.63, 3.8) is 0 Å². The summed E-state index contributed by atoms with van der Waals surface area (Å²) < 4.78 is 5.17. The number of thiocarbonyl (C=S) groups is 1. The van der Waals surface area contributed by atoms with Gasteiger partial charge in [-0.1, -0.05) is 0 Å². The normalized spacial score (nSPS) is 13.3. The van der Waals surface area contributed by atoms with Crippen LogP contribution in [-0.4, -0.2) is 41.1 Å². The van der Waals surface area contributed by atoms with Gasteiger partial charge in [0.05, 0.1) is 17.7 Å². The minimum atomic E-state index is -0.530. The first-order valence-electron chi connectivity index (χ1n) is 10.7. The third-order valence-corrected chi connectivity index (χ3v) is 6.43. The predicted molar refractivity (Wildman–Crippen MR) is 137 cm³/mol. The Balaban J connectivity index is 1.41. The Kier molecular flexibility index (Phi) is 7.33. The summed E-state index contributed by atoms with van der Waals surface area (Å²) in [6.07, 6.45) is 3.11. The van der Waals surface area contributed by atoms with Gasteiger partial charge < -0.3 is 15.0 Å². The lowest BCUT2D eigenvalue weighted by Gasteiger charge is -2.28. The maximum Gasteiger partial charge on any atom is 0.293 e. The van der Waals surface area contributed by atoms with Crippen LogP contribution >= 0.6 is 23.6 Å². The Morgan fingerprint density at radius 3 is 2.59 bits per heavy atom. The van der Waals surface area contributed by atoms with E-state index in [4.69, 9.17) is 17.0 Å². The first-order valence-corrected chi connectivity index (χ1v) is 12.0. The molecule has 1 amide bonds. The number of benzene rings is 2. The number of amides is 1. The van der Waals surface area contributed by atoms with Gasteiger partial charge in [-0.05, 0) is 67.9 Å². The lowest BCUT2D eigenvalue weighted by Crippen LogP contribution is -2.34. The van der Waals surface area contributed by atoms with Crippen LogP contribution in [-0.2, 0) is 0 Å². The van der Waals surface area contributed by atoms with Crippen molar-refractivity contribution in [2.75, 3.05) is 30.4 Å². The molecule has 1 aliphatic heterocycles. The van der Waals surface area contributed by atoms with Gasteiger partial charge in [0.1, 0.15) is 11.4 Å². The van der Waals surface area contributed by atoms with Crippen LogP contribution < -0.4 is 20.3 Å². The van der Waals surface area contributed by atoms with Gasteiger partial charge >= 0.3 is 0 Å². The Hall–Kier alpha value is -3.57. The summed E-state index contributed by atoms with van der Waals surface area (Å²) in [5.41, 5.74) is 2.29. The molecule has 0 atom stereocenters. The number of thiazole rings is 1. The molecule has 1 saturated heterocycles. The fraction of sp³-hybridized carbons (Fsp3) is 0.261. The second-order valence-electron chi connectivity index (χ2n) is 7.68. The number of aromatic nitrogens is 1. The monoisotopic (exact) mass is 497 g/mol. The van der Waals surface area contributed by atoms with E-state index in [2.05, 4.69) is 15.6 Å². The zero-order valence-corrected chi connectivity index (χ0v) is 20.1. The average molecular weight is 498 g/mol. The van der Waals surface area contributed by atoms with Crippen LogP contribution in [0.5, 0.6) is 5.75 Å². The van der Waals surface area contributed by atoms with Crippen LogP contribution in [0, 0.1) is 10.1 Å². The summed E-state index contributed by atoms with van der Waals surface area (Å²) in [5, 5.41) is 19.6. The van der Waals surface area contributed by atoms with Crippen LogP contribution in [0.15, 0.2) is 47.8 Å². The van der Waals surface area contributed by atoms with E-state index >= 15 is 0 Å². The van der Waals surface area contributed by atoms with E-state index in [-0.39, 0.29) is 16.4 Å². The predicted octanol–water partition coefficient (Wildman–Crippen LogP) is 4.84. The number of nitro benzene ring substituents is 1. The van der Waals surface area contributed by atoms with Gasteiger partial charge in [0.2, 0.25) is 0 Å². The molecule has 176 valence electrons. The Morgan fingerprint density at radius 2 is 1.91 bits per heavy atom. The van der Waals surface area contributed by atoms with Gasteiger partial charge in [-0.2, -0.15) is 0 Å². The lowest BCUT2D eigenvalue weighted by molar-refractivity contribution is -0.384. The number of piperidine rings is 1. The summed E-state index contributed by atoms with van der Waals surface area (Å²) in [6.45, 7) is 1.54. The van der Waals surface area contributed by atoms with Crippen LogP contribution in [0.2, 0.25) is 0 Å². The molecular weight excluding hydrogens is 474 g/mol. The van der Waals surface area contributed by atoms with E-state index in [1.54, 1.807) is 19.2 Å². The molecule has 0 saturated carbocycles. The highest BCUT2D eigenvalue weighted by Gasteiger charge is 2.23. The number of methoxy groups -OCH3 is 1. The summed E-state index contributed by atoms with van der Waals surface area (Å²) in [4.78, 5) is 30.4. The average Bonchev–Trinajstić information content (AvgIpc) is 3.32. The van der Waals surface area contributed by atoms with Crippen LogP contribution in [0.1, 0.15) is 29.6 Å². The van der Waals surface area contributed by atoms with Gasteiger partial charge in [0, 0.05) is 35.7 Å². The topological polar surface area (TPSA) is 110 Å².